The molecule has 0 spiro atoms. The minimum Gasteiger partial charge on any atom is -0.464 e. The average molecular weight is 269 g/mol. The maximum absolute atomic E-state index is 12.4. The third-order valence-corrected chi connectivity index (χ3v) is 2.66. The summed E-state index contributed by atoms with van der Waals surface area (Å²) in [6.45, 7) is 0. The monoisotopic (exact) mass is 269 g/mol. The van der Waals surface area contributed by atoms with E-state index >= 15 is 0 Å². The van der Waals surface area contributed by atoms with Gasteiger partial charge in [0.15, 0.2) is 0 Å². The molecule has 0 radical (unpaired) electrons. The molecule has 0 unspecified atom stereocenters. The van der Waals surface area contributed by atoms with Crippen LogP contribution in [0.4, 0.5) is 13.2 Å². The number of alkyl halides is 3. The zero-order valence-corrected chi connectivity index (χ0v) is 9.91. The fourth-order valence-electron chi connectivity index (χ4n) is 1.72. The average Bonchev–Trinajstić information content (AvgIpc) is 2.86. The minimum absolute atomic E-state index is 0.210. The van der Waals surface area contributed by atoms with Crippen LogP contribution in [0.1, 0.15) is 16.1 Å². The Labute approximate surface area is 107 Å². The Balaban J connectivity index is 2.38. The first-order valence-electron chi connectivity index (χ1n) is 5.37. The summed E-state index contributed by atoms with van der Waals surface area (Å²) in [7, 11) is 1.24. The van der Waals surface area contributed by atoms with Gasteiger partial charge in [0.05, 0.1) is 12.7 Å². The Morgan fingerprint density at radius 3 is 2.32 bits per heavy atom. The second-order valence-corrected chi connectivity index (χ2v) is 3.83. The molecule has 0 amide bonds. The largest absolute Gasteiger partial charge is 0.464 e. The van der Waals surface area contributed by atoms with E-state index in [0.717, 1.165) is 12.1 Å². The molecule has 0 aliphatic heterocycles. The van der Waals surface area contributed by atoms with Gasteiger partial charge >= 0.3 is 12.1 Å². The zero-order chi connectivity index (χ0) is 14.0. The van der Waals surface area contributed by atoms with Crippen LogP contribution in [-0.2, 0) is 10.9 Å². The first-order valence-corrected chi connectivity index (χ1v) is 5.37. The van der Waals surface area contributed by atoms with Gasteiger partial charge in [0.2, 0.25) is 0 Å². The summed E-state index contributed by atoms with van der Waals surface area (Å²) in [5.74, 6) is -0.570. The molecule has 19 heavy (non-hydrogen) atoms. The number of aromatic amines is 1. The number of hydrogen-bond donors (Lipinski definition) is 1. The highest BCUT2D eigenvalue weighted by molar-refractivity contribution is 5.95. The number of benzene rings is 1. The molecular weight excluding hydrogens is 259 g/mol. The van der Waals surface area contributed by atoms with Crippen molar-refractivity contribution in [3.8, 4) is 11.1 Å². The number of nitrogens with one attached hydrogen (secondary N) is 1. The van der Waals surface area contributed by atoms with Crippen LogP contribution < -0.4 is 0 Å². The molecule has 1 N–H and O–H groups in total. The smallest absolute Gasteiger partial charge is 0.416 e. The number of rotatable bonds is 2. The van der Waals surface area contributed by atoms with E-state index < -0.39 is 17.7 Å². The van der Waals surface area contributed by atoms with E-state index in [1.807, 2.05) is 0 Å². The molecule has 1 aromatic carbocycles. The molecule has 2 rings (SSSR count). The van der Waals surface area contributed by atoms with Crippen molar-refractivity contribution in [3.05, 3.63) is 47.8 Å². The topological polar surface area (TPSA) is 42.1 Å². The maximum atomic E-state index is 12.4. The second-order valence-electron chi connectivity index (χ2n) is 3.83. The number of aromatic nitrogens is 1. The van der Waals surface area contributed by atoms with Crippen LogP contribution in [0.15, 0.2) is 36.5 Å². The maximum Gasteiger partial charge on any atom is 0.416 e. The fraction of sp³-hybridized carbons (Fsp3) is 0.154. The SMILES string of the molecule is COC(=O)c1[nH]ccc1-c1ccc(C(F)(F)F)cc1. The molecule has 0 aliphatic rings. The summed E-state index contributed by atoms with van der Waals surface area (Å²) in [6, 6.07) is 6.19. The van der Waals surface area contributed by atoms with Gasteiger partial charge in [0.25, 0.3) is 0 Å². The van der Waals surface area contributed by atoms with Gasteiger partial charge in [0, 0.05) is 11.8 Å². The molecule has 2 aromatic rings. The van der Waals surface area contributed by atoms with E-state index in [2.05, 4.69) is 9.72 Å². The van der Waals surface area contributed by atoms with Gasteiger partial charge in [-0.1, -0.05) is 12.1 Å². The summed E-state index contributed by atoms with van der Waals surface area (Å²) in [6.07, 6.45) is -2.85. The summed E-state index contributed by atoms with van der Waals surface area (Å²) >= 11 is 0. The van der Waals surface area contributed by atoms with Crippen molar-refractivity contribution in [1.82, 2.24) is 4.98 Å². The lowest BCUT2D eigenvalue weighted by atomic mass is 10.0. The third kappa shape index (κ3) is 2.62. The third-order valence-electron chi connectivity index (χ3n) is 2.66. The molecule has 0 atom stereocenters. The number of esters is 1. The molecule has 3 nitrogen and oxygen atoms in total. The lowest BCUT2D eigenvalue weighted by Gasteiger charge is -2.07. The lowest BCUT2D eigenvalue weighted by Crippen LogP contribution is -2.05. The predicted molar refractivity (Wildman–Crippen MR) is 62.6 cm³/mol. The summed E-state index contributed by atoms with van der Waals surface area (Å²) in [5.41, 5.74) is 0.490. The molecule has 0 saturated carbocycles. The molecule has 1 heterocycles. The highest BCUT2D eigenvalue weighted by Gasteiger charge is 2.30. The first-order chi connectivity index (χ1) is 8.93. The van der Waals surface area contributed by atoms with Crippen LogP contribution in [-0.4, -0.2) is 18.1 Å². The molecule has 0 aliphatic carbocycles. The lowest BCUT2D eigenvalue weighted by molar-refractivity contribution is -0.137. The Morgan fingerprint density at radius 1 is 1.16 bits per heavy atom. The summed E-state index contributed by atoms with van der Waals surface area (Å²) < 4.78 is 41.9. The first kappa shape index (κ1) is 13.2. The molecule has 0 saturated heterocycles. The van der Waals surface area contributed by atoms with Gasteiger partial charge in [-0.15, -0.1) is 0 Å². The van der Waals surface area contributed by atoms with Crippen LogP contribution >= 0.6 is 0 Å². The van der Waals surface area contributed by atoms with Gasteiger partial charge in [-0.25, -0.2) is 4.79 Å². The van der Waals surface area contributed by atoms with Crippen molar-refractivity contribution in [1.29, 1.82) is 0 Å². The van der Waals surface area contributed by atoms with Gasteiger partial charge in [-0.05, 0) is 23.8 Å². The highest BCUT2D eigenvalue weighted by atomic mass is 19.4. The van der Waals surface area contributed by atoms with Gasteiger partial charge < -0.3 is 9.72 Å². The normalized spacial score (nSPS) is 11.4. The van der Waals surface area contributed by atoms with Gasteiger partial charge in [0.1, 0.15) is 5.69 Å². The van der Waals surface area contributed by atoms with Gasteiger partial charge in [-0.2, -0.15) is 13.2 Å². The molecule has 6 heteroatoms. The Kier molecular flexibility index (Phi) is 3.33. The quantitative estimate of drug-likeness (QED) is 0.848. The Bertz CT molecular complexity index is 585. The molecule has 0 bridgehead atoms. The summed E-state index contributed by atoms with van der Waals surface area (Å²) in [5, 5.41) is 0. The van der Waals surface area contributed by atoms with Crippen molar-refractivity contribution in [2.75, 3.05) is 7.11 Å². The predicted octanol–water partition coefficient (Wildman–Crippen LogP) is 3.49. The van der Waals surface area contributed by atoms with E-state index in [9.17, 15) is 18.0 Å². The second kappa shape index (κ2) is 4.79. The van der Waals surface area contributed by atoms with Crippen molar-refractivity contribution in [3.63, 3.8) is 0 Å². The molecular formula is C13H10F3NO2. The number of carbonyl (C=O) groups excluding carboxylic acids is 1. The zero-order valence-electron chi connectivity index (χ0n) is 9.91. The fourth-order valence-corrected chi connectivity index (χ4v) is 1.72. The number of carbonyl (C=O) groups is 1. The van der Waals surface area contributed by atoms with Gasteiger partial charge in [-0.3, -0.25) is 0 Å². The van der Waals surface area contributed by atoms with E-state index in [1.54, 1.807) is 6.07 Å². The Hall–Kier alpha value is -2.24. The summed E-state index contributed by atoms with van der Waals surface area (Å²) in [4.78, 5) is 14.2. The number of hydrogen-bond acceptors (Lipinski definition) is 2. The van der Waals surface area contributed by atoms with E-state index in [1.165, 1.54) is 25.4 Å². The van der Waals surface area contributed by atoms with E-state index in [-0.39, 0.29) is 5.69 Å². The standard InChI is InChI=1S/C13H10F3NO2/c1-19-12(18)11-10(6-7-17-11)8-2-4-9(5-3-8)13(14,15)16/h2-7,17H,1H3. The highest BCUT2D eigenvalue weighted by Crippen LogP contribution is 2.31. The van der Waals surface area contributed by atoms with Crippen LogP contribution in [0.2, 0.25) is 0 Å². The number of H-pyrrole nitrogens is 1. The molecule has 100 valence electrons. The number of halogens is 3. The minimum atomic E-state index is -4.37. The van der Waals surface area contributed by atoms with Crippen molar-refractivity contribution in [2.24, 2.45) is 0 Å². The van der Waals surface area contributed by atoms with E-state index in [4.69, 9.17) is 0 Å². The molecule has 0 fully saturated rings. The van der Waals surface area contributed by atoms with Crippen molar-refractivity contribution in [2.45, 2.75) is 6.18 Å². The Morgan fingerprint density at radius 2 is 1.79 bits per heavy atom. The van der Waals surface area contributed by atoms with Crippen LogP contribution in [0.3, 0.4) is 0 Å². The van der Waals surface area contributed by atoms with Crippen molar-refractivity contribution < 1.29 is 22.7 Å². The van der Waals surface area contributed by atoms with Crippen molar-refractivity contribution >= 4 is 5.97 Å². The van der Waals surface area contributed by atoms with Crippen LogP contribution in [0.5, 0.6) is 0 Å². The molecule has 1 aromatic heterocycles. The van der Waals surface area contributed by atoms with Crippen LogP contribution in [0, 0.1) is 0 Å². The number of ether oxygens (including phenoxy) is 1. The van der Waals surface area contributed by atoms with Crippen LogP contribution in [0.25, 0.3) is 11.1 Å². The number of methoxy groups -OCH3 is 1. The van der Waals surface area contributed by atoms with E-state index in [0.29, 0.717) is 11.1 Å².